The molecule has 0 spiro atoms. The lowest BCUT2D eigenvalue weighted by molar-refractivity contribution is 0.112. The van der Waals surface area contributed by atoms with Crippen LogP contribution >= 0.6 is 0 Å². The van der Waals surface area contributed by atoms with Crippen LogP contribution in [0, 0.1) is 13.8 Å². The Hall–Kier alpha value is -3.26. The fourth-order valence-electron chi connectivity index (χ4n) is 4.89. The van der Waals surface area contributed by atoms with Crippen LogP contribution in [0.3, 0.4) is 0 Å². The summed E-state index contributed by atoms with van der Waals surface area (Å²) in [5, 5.41) is 3.44. The van der Waals surface area contributed by atoms with Crippen LogP contribution in [0.25, 0.3) is 0 Å². The number of aromatic amines is 1. The van der Waals surface area contributed by atoms with E-state index in [1.165, 1.54) is 0 Å². The molecule has 1 unspecified atom stereocenters. The van der Waals surface area contributed by atoms with Crippen LogP contribution in [0.1, 0.15) is 65.5 Å². The minimum absolute atomic E-state index is 0.0780. The number of rotatable bonds is 4. The molecule has 0 aliphatic carbocycles. The first-order valence-corrected chi connectivity index (χ1v) is 12.7. The van der Waals surface area contributed by atoms with Gasteiger partial charge in [-0.25, -0.2) is 4.79 Å². The zero-order valence-corrected chi connectivity index (χ0v) is 22.4. The van der Waals surface area contributed by atoms with Crippen molar-refractivity contribution in [3.8, 4) is 11.5 Å². The zero-order valence-electron chi connectivity index (χ0n) is 22.4. The van der Waals surface area contributed by atoms with E-state index in [-0.39, 0.29) is 11.9 Å². The molecule has 196 valence electrons. The summed E-state index contributed by atoms with van der Waals surface area (Å²) < 4.78 is 11.1. The molecule has 0 bridgehead atoms. The molecule has 1 fully saturated rings. The number of H-pyrrole nitrogens is 1. The molecule has 1 aromatic heterocycles. The molecule has 0 radical (unpaired) electrons. The predicted octanol–water partition coefficient (Wildman–Crippen LogP) is 4.78. The number of amides is 2. The maximum atomic E-state index is 13.3. The second-order valence-corrected chi connectivity index (χ2v) is 9.30. The van der Waals surface area contributed by atoms with Crippen molar-refractivity contribution in [2.24, 2.45) is 0 Å². The van der Waals surface area contributed by atoms with Gasteiger partial charge in [0, 0.05) is 59.8 Å². The Kier molecular flexibility index (Phi) is 9.58. The number of nitrogens with one attached hydrogen (secondary N) is 2. The lowest BCUT2D eigenvalue weighted by atomic mass is 9.94. The normalized spacial score (nSPS) is 18.1. The Bertz CT molecular complexity index is 1090. The number of carbonyl (C=O) groups excluding carboxylic acids is 2. The summed E-state index contributed by atoms with van der Waals surface area (Å²) in [5.74, 6) is 1.74. The minimum atomic E-state index is 0.0780. The number of ether oxygens (including phenoxy) is 2. The number of aldehydes is 1. The minimum Gasteiger partial charge on any atom is -0.497 e. The molecule has 4 rings (SSSR count). The zero-order chi connectivity index (χ0) is 26.2. The number of hydrogen-bond donors (Lipinski definition) is 2. The van der Waals surface area contributed by atoms with E-state index in [2.05, 4.69) is 23.3 Å². The average molecular weight is 497 g/mol. The Morgan fingerprint density at radius 1 is 1.14 bits per heavy atom. The van der Waals surface area contributed by atoms with Crippen LogP contribution in [0.5, 0.6) is 11.5 Å². The van der Waals surface area contributed by atoms with Crippen LogP contribution < -0.4 is 14.8 Å². The van der Waals surface area contributed by atoms with Gasteiger partial charge in [-0.3, -0.25) is 9.69 Å². The summed E-state index contributed by atoms with van der Waals surface area (Å²) in [6.07, 6.45) is 4.99. The maximum absolute atomic E-state index is 13.3. The van der Waals surface area contributed by atoms with Crippen molar-refractivity contribution in [3.63, 3.8) is 0 Å². The van der Waals surface area contributed by atoms with Crippen molar-refractivity contribution >= 4 is 12.3 Å². The molecule has 2 aromatic rings. The predicted molar refractivity (Wildman–Crippen MR) is 142 cm³/mol. The lowest BCUT2D eigenvalue weighted by Crippen LogP contribution is -2.45. The maximum Gasteiger partial charge on any atom is 0.324 e. The number of allylic oxidation sites excluding steroid dienone is 2. The number of urea groups is 1. The van der Waals surface area contributed by atoms with Crippen molar-refractivity contribution in [3.05, 3.63) is 58.1 Å². The van der Waals surface area contributed by atoms with Gasteiger partial charge in [0.25, 0.3) is 0 Å². The standard InChI is InChI=1S/C21H31N3O3.C7H9NO/c1-5-23-10-9-22-8-6-7-17-11-15(2)20-16(14-24(17)21(23)25)12-18(26-3)13-19(20)27-4;1-5-3-7(4-9)6(2)8-5/h11-13,15,22H,5-10,14H2,1-4H3;3-4,8H,1-2H3. The summed E-state index contributed by atoms with van der Waals surface area (Å²) in [5.41, 5.74) is 6.07. The molecule has 8 heteroatoms. The topological polar surface area (TPSA) is 86.9 Å². The van der Waals surface area contributed by atoms with Crippen LogP contribution in [0.15, 0.2) is 30.0 Å². The average Bonchev–Trinajstić information content (AvgIpc) is 3.13. The molecule has 8 nitrogen and oxygen atoms in total. The van der Waals surface area contributed by atoms with Gasteiger partial charge in [-0.2, -0.15) is 0 Å². The van der Waals surface area contributed by atoms with Gasteiger partial charge in [0.15, 0.2) is 6.29 Å². The van der Waals surface area contributed by atoms with Gasteiger partial charge in [-0.05, 0) is 57.9 Å². The molecule has 3 heterocycles. The summed E-state index contributed by atoms with van der Waals surface area (Å²) >= 11 is 0. The molecule has 2 amide bonds. The molecule has 0 saturated carbocycles. The van der Waals surface area contributed by atoms with Crippen molar-refractivity contribution in [2.45, 2.75) is 53.0 Å². The number of benzene rings is 1. The molecule has 2 aliphatic heterocycles. The molecule has 36 heavy (non-hydrogen) atoms. The Balaban J connectivity index is 0.000000338. The smallest absolute Gasteiger partial charge is 0.324 e. The fourth-order valence-corrected chi connectivity index (χ4v) is 4.89. The fraction of sp³-hybridized carbons (Fsp3) is 0.500. The third kappa shape index (κ3) is 6.29. The first kappa shape index (κ1) is 27.3. The number of likely N-dealkylation sites (N-methyl/N-ethyl adjacent to an activating group) is 1. The summed E-state index contributed by atoms with van der Waals surface area (Å²) in [6, 6.07) is 5.88. The monoisotopic (exact) mass is 496 g/mol. The molecule has 1 saturated heterocycles. The molecule has 2 N–H and O–H groups in total. The number of aromatic nitrogens is 1. The SMILES string of the molecule is CCN1CCNCCCC2=CC(C)c3c(cc(OC)cc3OC)CN2C1=O.Cc1cc(C=O)c(C)[nH]1. The number of aryl methyl sites for hydroxylation is 2. The molecule has 1 aromatic carbocycles. The summed E-state index contributed by atoms with van der Waals surface area (Å²) in [4.78, 5) is 30.4. The van der Waals surface area contributed by atoms with E-state index in [9.17, 15) is 9.59 Å². The first-order chi connectivity index (χ1) is 17.3. The summed E-state index contributed by atoms with van der Waals surface area (Å²) in [7, 11) is 3.35. The highest BCUT2D eigenvalue weighted by Crippen LogP contribution is 2.39. The van der Waals surface area contributed by atoms with Gasteiger partial charge in [-0.15, -0.1) is 0 Å². The van der Waals surface area contributed by atoms with E-state index in [4.69, 9.17) is 9.47 Å². The van der Waals surface area contributed by atoms with E-state index in [0.29, 0.717) is 13.1 Å². The van der Waals surface area contributed by atoms with Gasteiger partial charge < -0.3 is 24.7 Å². The van der Waals surface area contributed by atoms with Gasteiger partial charge in [0.2, 0.25) is 0 Å². The van der Waals surface area contributed by atoms with E-state index >= 15 is 0 Å². The van der Waals surface area contributed by atoms with Crippen molar-refractivity contribution in [1.29, 1.82) is 0 Å². The Morgan fingerprint density at radius 3 is 2.50 bits per heavy atom. The second kappa shape index (κ2) is 12.6. The van der Waals surface area contributed by atoms with Crippen LogP contribution in [0.4, 0.5) is 4.79 Å². The first-order valence-electron chi connectivity index (χ1n) is 12.7. The highest BCUT2D eigenvalue weighted by molar-refractivity contribution is 5.77. The summed E-state index contributed by atoms with van der Waals surface area (Å²) in [6.45, 7) is 11.8. The number of methoxy groups -OCH3 is 2. The molecular formula is C28H40N4O4. The number of hydrogen-bond acceptors (Lipinski definition) is 5. The van der Waals surface area contributed by atoms with Crippen LogP contribution in [-0.4, -0.2) is 67.5 Å². The molecule has 2 aliphatic rings. The third-order valence-corrected chi connectivity index (χ3v) is 6.77. The van der Waals surface area contributed by atoms with Gasteiger partial charge in [0.05, 0.1) is 20.8 Å². The van der Waals surface area contributed by atoms with E-state index in [1.54, 1.807) is 14.2 Å². The van der Waals surface area contributed by atoms with Crippen molar-refractivity contribution < 1.29 is 19.1 Å². The third-order valence-electron chi connectivity index (χ3n) is 6.77. The van der Waals surface area contributed by atoms with Crippen LogP contribution in [-0.2, 0) is 6.54 Å². The Morgan fingerprint density at radius 2 is 1.92 bits per heavy atom. The number of carbonyl (C=O) groups is 2. The second-order valence-electron chi connectivity index (χ2n) is 9.30. The highest BCUT2D eigenvalue weighted by Gasteiger charge is 2.30. The number of nitrogens with zero attached hydrogens (tertiary/aromatic N) is 2. The van der Waals surface area contributed by atoms with Crippen molar-refractivity contribution in [2.75, 3.05) is 40.4 Å². The largest absolute Gasteiger partial charge is 0.497 e. The van der Waals surface area contributed by atoms with Gasteiger partial charge >= 0.3 is 6.03 Å². The van der Waals surface area contributed by atoms with Crippen LogP contribution in [0.2, 0.25) is 0 Å². The Labute approximate surface area is 214 Å². The quantitative estimate of drug-likeness (QED) is 0.595. The van der Waals surface area contributed by atoms with E-state index in [0.717, 1.165) is 84.0 Å². The van der Waals surface area contributed by atoms with E-state index in [1.807, 2.05) is 48.8 Å². The van der Waals surface area contributed by atoms with Gasteiger partial charge in [-0.1, -0.05) is 13.0 Å². The number of fused-ring (bicyclic) bond motifs is 2. The highest BCUT2D eigenvalue weighted by atomic mass is 16.5. The molecular weight excluding hydrogens is 456 g/mol. The van der Waals surface area contributed by atoms with Crippen molar-refractivity contribution in [1.82, 2.24) is 20.1 Å². The lowest BCUT2D eigenvalue weighted by Gasteiger charge is -2.32. The van der Waals surface area contributed by atoms with Gasteiger partial charge in [0.1, 0.15) is 11.5 Å². The molecule has 1 atom stereocenters. The van der Waals surface area contributed by atoms with E-state index < -0.39 is 0 Å².